The summed E-state index contributed by atoms with van der Waals surface area (Å²) >= 11 is 6.22. The molecule has 2 aromatic carbocycles. The van der Waals surface area contributed by atoms with Gasteiger partial charge in [-0.1, -0.05) is 78.2 Å². The molecule has 3 aromatic rings. The number of halogens is 1. The van der Waals surface area contributed by atoms with E-state index in [1.165, 1.54) is 0 Å². The third-order valence-corrected chi connectivity index (χ3v) is 3.50. The van der Waals surface area contributed by atoms with Crippen LogP contribution in [0.5, 0.6) is 0 Å². The quantitative estimate of drug-likeness (QED) is 0.730. The fraction of sp³-hybridized carbons (Fsp3) is 0.0526. The molecule has 0 atom stereocenters. The molecular weight excluding hydrogens is 308 g/mol. The van der Waals surface area contributed by atoms with Crippen LogP contribution in [0.15, 0.2) is 60.7 Å². The van der Waals surface area contributed by atoms with Crippen molar-refractivity contribution in [1.82, 2.24) is 9.97 Å². The third-order valence-electron chi connectivity index (χ3n) is 3.23. The van der Waals surface area contributed by atoms with Crippen LogP contribution in [0.4, 0.5) is 0 Å². The maximum atomic E-state index is 8.87. The van der Waals surface area contributed by atoms with Crippen molar-refractivity contribution >= 4 is 11.6 Å². The maximum Gasteiger partial charge on any atom is 0.164 e. The molecule has 1 aromatic heterocycles. The summed E-state index contributed by atoms with van der Waals surface area (Å²) in [6, 6.07) is 19.5. The van der Waals surface area contributed by atoms with Crippen LogP contribution in [0.25, 0.3) is 22.5 Å². The van der Waals surface area contributed by atoms with Crippen molar-refractivity contribution in [2.24, 2.45) is 0 Å². The Bertz CT molecular complexity index is 868. The van der Waals surface area contributed by atoms with Crippen LogP contribution in [-0.2, 0) is 0 Å². The highest BCUT2D eigenvalue weighted by Gasteiger charge is 2.14. The lowest BCUT2D eigenvalue weighted by molar-refractivity contribution is 0.350. The predicted molar refractivity (Wildman–Crippen MR) is 91.9 cm³/mol. The molecule has 0 saturated carbocycles. The summed E-state index contributed by atoms with van der Waals surface area (Å²) < 4.78 is 0. The van der Waals surface area contributed by atoms with Crippen molar-refractivity contribution in [2.45, 2.75) is 0 Å². The molecule has 0 unspecified atom stereocenters. The number of aliphatic hydroxyl groups excluding tert-OH is 1. The standard InChI is InChI=1S/C19H13ClN2O/c20-19-16(12-7-13-23)21-17(14-8-3-1-4-9-14)18(22-19)15-10-5-2-6-11-15/h1-6,8-11,23H,13H2. The number of hydrogen-bond acceptors (Lipinski definition) is 3. The van der Waals surface area contributed by atoms with E-state index in [1.807, 2.05) is 60.7 Å². The van der Waals surface area contributed by atoms with Gasteiger partial charge in [0.1, 0.15) is 6.61 Å². The Morgan fingerprint density at radius 2 is 1.35 bits per heavy atom. The Morgan fingerprint density at radius 1 is 0.826 bits per heavy atom. The van der Waals surface area contributed by atoms with Gasteiger partial charge < -0.3 is 5.11 Å². The van der Waals surface area contributed by atoms with E-state index in [9.17, 15) is 0 Å². The van der Waals surface area contributed by atoms with Crippen molar-refractivity contribution in [3.63, 3.8) is 0 Å². The zero-order chi connectivity index (χ0) is 16.1. The van der Waals surface area contributed by atoms with E-state index in [0.29, 0.717) is 17.1 Å². The largest absolute Gasteiger partial charge is 0.384 e. The number of aliphatic hydroxyl groups is 1. The Labute approximate surface area is 139 Å². The SMILES string of the molecule is OCC#Cc1nc(-c2ccccc2)c(-c2ccccc2)nc1Cl. The van der Waals surface area contributed by atoms with Crippen molar-refractivity contribution < 1.29 is 5.11 Å². The van der Waals surface area contributed by atoms with E-state index in [4.69, 9.17) is 16.7 Å². The van der Waals surface area contributed by atoms with Crippen molar-refractivity contribution in [2.75, 3.05) is 6.61 Å². The minimum atomic E-state index is -0.251. The van der Waals surface area contributed by atoms with Gasteiger partial charge in [0.15, 0.2) is 10.8 Å². The smallest absolute Gasteiger partial charge is 0.164 e. The summed E-state index contributed by atoms with van der Waals surface area (Å²) in [5, 5.41) is 9.10. The highest BCUT2D eigenvalue weighted by molar-refractivity contribution is 6.30. The summed E-state index contributed by atoms with van der Waals surface area (Å²) in [4.78, 5) is 9.07. The molecule has 0 radical (unpaired) electrons. The lowest BCUT2D eigenvalue weighted by atomic mass is 10.0. The highest BCUT2D eigenvalue weighted by Crippen LogP contribution is 2.30. The fourth-order valence-corrected chi connectivity index (χ4v) is 2.39. The first-order valence-corrected chi connectivity index (χ1v) is 7.45. The van der Waals surface area contributed by atoms with Gasteiger partial charge >= 0.3 is 0 Å². The average molecular weight is 321 g/mol. The lowest BCUT2D eigenvalue weighted by Crippen LogP contribution is -1.98. The second-order valence-corrected chi connectivity index (χ2v) is 5.11. The van der Waals surface area contributed by atoms with Crippen LogP contribution in [0.2, 0.25) is 5.15 Å². The van der Waals surface area contributed by atoms with Gasteiger partial charge in [0, 0.05) is 11.1 Å². The van der Waals surface area contributed by atoms with Gasteiger partial charge in [0.2, 0.25) is 0 Å². The van der Waals surface area contributed by atoms with Gasteiger partial charge in [-0.25, -0.2) is 9.97 Å². The van der Waals surface area contributed by atoms with E-state index < -0.39 is 0 Å². The third kappa shape index (κ3) is 3.40. The summed E-state index contributed by atoms with van der Waals surface area (Å²) in [7, 11) is 0. The van der Waals surface area contributed by atoms with Gasteiger partial charge in [-0.15, -0.1) is 0 Å². The first-order valence-electron chi connectivity index (χ1n) is 7.07. The van der Waals surface area contributed by atoms with E-state index in [-0.39, 0.29) is 11.8 Å². The summed E-state index contributed by atoms with van der Waals surface area (Å²) in [5.41, 5.74) is 3.64. The summed E-state index contributed by atoms with van der Waals surface area (Å²) in [5.74, 6) is 5.31. The van der Waals surface area contributed by atoms with Crippen molar-refractivity contribution in [3.05, 3.63) is 71.5 Å². The molecule has 0 fully saturated rings. The van der Waals surface area contributed by atoms with E-state index in [2.05, 4.69) is 21.8 Å². The predicted octanol–water partition coefficient (Wildman–Crippen LogP) is 3.81. The molecule has 0 aliphatic heterocycles. The molecule has 3 nitrogen and oxygen atoms in total. The monoisotopic (exact) mass is 320 g/mol. The molecule has 112 valence electrons. The molecule has 0 aliphatic carbocycles. The first kappa shape index (κ1) is 15.2. The highest BCUT2D eigenvalue weighted by atomic mass is 35.5. The Kier molecular flexibility index (Phi) is 4.68. The van der Waals surface area contributed by atoms with E-state index >= 15 is 0 Å². The average Bonchev–Trinajstić information content (AvgIpc) is 2.62. The van der Waals surface area contributed by atoms with Gasteiger partial charge in [-0.05, 0) is 5.92 Å². The van der Waals surface area contributed by atoms with Crippen LogP contribution in [-0.4, -0.2) is 21.7 Å². The van der Waals surface area contributed by atoms with Gasteiger partial charge in [0.25, 0.3) is 0 Å². The first-order chi connectivity index (χ1) is 11.3. The minimum absolute atomic E-state index is 0.226. The van der Waals surface area contributed by atoms with Gasteiger partial charge in [-0.3, -0.25) is 0 Å². The minimum Gasteiger partial charge on any atom is -0.384 e. The second-order valence-electron chi connectivity index (χ2n) is 4.75. The summed E-state index contributed by atoms with van der Waals surface area (Å²) in [6.45, 7) is -0.251. The van der Waals surface area contributed by atoms with Gasteiger partial charge in [0.05, 0.1) is 11.4 Å². The number of rotatable bonds is 2. The van der Waals surface area contributed by atoms with E-state index in [0.717, 1.165) is 11.1 Å². The number of hydrogen-bond donors (Lipinski definition) is 1. The molecule has 1 N–H and O–H groups in total. The van der Waals surface area contributed by atoms with Crippen LogP contribution >= 0.6 is 11.6 Å². The lowest BCUT2D eigenvalue weighted by Gasteiger charge is -2.10. The Balaban J connectivity index is 2.24. The number of benzene rings is 2. The Hall–Kier alpha value is -2.67. The molecule has 0 aliphatic rings. The molecule has 0 bridgehead atoms. The maximum absolute atomic E-state index is 8.87. The van der Waals surface area contributed by atoms with Crippen LogP contribution in [0.3, 0.4) is 0 Å². The molecular formula is C19H13ClN2O. The van der Waals surface area contributed by atoms with Crippen molar-refractivity contribution in [3.8, 4) is 34.4 Å². The fourth-order valence-electron chi connectivity index (χ4n) is 2.21. The van der Waals surface area contributed by atoms with E-state index in [1.54, 1.807) is 0 Å². The molecule has 23 heavy (non-hydrogen) atoms. The van der Waals surface area contributed by atoms with Crippen LogP contribution in [0.1, 0.15) is 5.69 Å². The summed E-state index contributed by atoms with van der Waals surface area (Å²) in [6.07, 6.45) is 0. The van der Waals surface area contributed by atoms with Crippen molar-refractivity contribution in [1.29, 1.82) is 0 Å². The topological polar surface area (TPSA) is 46.0 Å². The van der Waals surface area contributed by atoms with Crippen LogP contribution in [0, 0.1) is 11.8 Å². The molecule has 0 saturated heterocycles. The zero-order valence-electron chi connectivity index (χ0n) is 12.2. The zero-order valence-corrected chi connectivity index (χ0v) is 13.0. The molecule has 0 spiro atoms. The number of aromatic nitrogens is 2. The normalized spacial score (nSPS) is 10.0. The second kappa shape index (κ2) is 7.06. The molecule has 0 amide bonds. The van der Waals surface area contributed by atoms with Gasteiger partial charge in [-0.2, -0.15) is 0 Å². The molecule has 3 rings (SSSR count). The van der Waals surface area contributed by atoms with Crippen LogP contribution < -0.4 is 0 Å². The number of nitrogens with zero attached hydrogens (tertiary/aromatic N) is 2. The Morgan fingerprint density at radius 3 is 1.87 bits per heavy atom. The molecule has 1 heterocycles. The molecule has 4 heteroatoms.